The third kappa shape index (κ3) is 5.24. The van der Waals surface area contributed by atoms with E-state index in [4.69, 9.17) is 0 Å². The molecular weight excluding hydrogens is 256 g/mol. The smallest absolute Gasteiger partial charge is 0.0400 e. The van der Waals surface area contributed by atoms with E-state index in [0.717, 1.165) is 32.6 Å². The third-order valence-electron chi connectivity index (χ3n) is 3.90. The molecule has 0 aliphatic heterocycles. The zero-order chi connectivity index (χ0) is 14.9. The highest BCUT2D eigenvalue weighted by molar-refractivity contribution is 5.45. The minimum absolute atomic E-state index is 0.875. The molecule has 21 heavy (non-hydrogen) atoms. The molecule has 0 atom stereocenters. The van der Waals surface area contributed by atoms with E-state index >= 15 is 0 Å². The van der Waals surface area contributed by atoms with Crippen LogP contribution in [0.25, 0.3) is 0 Å². The maximum absolute atomic E-state index is 3.46. The molecule has 0 aliphatic rings. The van der Waals surface area contributed by atoms with E-state index in [1.807, 2.05) is 6.07 Å². The Labute approximate surface area is 128 Å². The molecule has 0 amide bonds. The van der Waals surface area contributed by atoms with Crippen molar-refractivity contribution in [1.82, 2.24) is 4.90 Å². The Morgan fingerprint density at radius 1 is 0.810 bits per heavy atom. The summed E-state index contributed by atoms with van der Waals surface area (Å²) >= 11 is 0. The Bertz CT molecular complexity index is 501. The van der Waals surface area contributed by atoms with Crippen LogP contribution < -0.4 is 5.32 Å². The molecular formula is C19H26N2. The van der Waals surface area contributed by atoms with Crippen molar-refractivity contribution in [2.75, 3.05) is 25.0 Å². The Kier molecular flexibility index (Phi) is 6.29. The molecule has 2 nitrogen and oxygen atoms in total. The zero-order valence-corrected chi connectivity index (χ0v) is 13.2. The van der Waals surface area contributed by atoms with Crippen molar-refractivity contribution < 1.29 is 0 Å². The van der Waals surface area contributed by atoms with Crippen LogP contribution >= 0.6 is 0 Å². The number of rotatable bonds is 8. The summed E-state index contributed by atoms with van der Waals surface area (Å²) in [6, 6.07) is 19.3. The first-order chi connectivity index (χ1) is 10.3. The summed E-state index contributed by atoms with van der Waals surface area (Å²) in [5.41, 5.74) is 3.90. The largest absolute Gasteiger partial charge is 0.381 e. The molecule has 0 fully saturated rings. The van der Waals surface area contributed by atoms with Crippen LogP contribution in [0.5, 0.6) is 0 Å². The highest BCUT2D eigenvalue weighted by Gasteiger charge is 2.00. The van der Waals surface area contributed by atoms with Crippen LogP contribution in [0.15, 0.2) is 54.6 Å². The van der Waals surface area contributed by atoms with E-state index < -0.39 is 0 Å². The molecule has 0 radical (unpaired) electrons. The van der Waals surface area contributed by atoms with E-state index in [1.54, 1.807) is 0 Å². The summed E-state index contributed by atoms with van der Waals surface area (Å²) in [5.74, 6) is 0. The van der Waals surface area contributed by atoms with Gasteiger partial charge in [-0.2, -0.15) is 0 Å². The Hall–Kier alpha value is -1.80. The number of hydrogen-bond acceptors (Lipinski definition) is 2. The summed E-state index contributed by atoms with van der Waals surface area (Å²) in [5, 5.41) is 3.46. The van der Waals surface area contributed by atoms with Crippen molar-refractivity contribution in [2.24, 2.45) is 0 Å². The lowest BCUT2D eigenvalue weighted by molar-refractivity contribution is 0.308. The highest BCUT2D eigenvalue weighted by atomic mass is 15.1. The van der Waals surface area contributed by atoms with Crippen molar-refractivity contribution in [3.05, 3.63) is 65.7 Å². The average molecular weight is 282 g/mol. The van der Waals surface area contributed by atoms with Crippen LogP contribution in [0.1, 0.15) is 25.0 Å². The summed E-state index contributed by atoms with van der Waals surface area (Å²) in [6.45, 7) is 8.73. The first-order valence-electron chi connectivity index (χ1n) is 7.91. The summed E-state index contributed by atoms with van der Waals surface area (Å²) in [4.78, 5) is 2.46. The number of nitrogens with one attached hydrogen (secondary N) is 1. The number of nitrogens with zero attached hydrogens (tertiary/aromatic N) is 1. The van der Waals surface area contributed by atoms with Gasteiger partial charge >= 0.3 is 0 Å². The summed E-state index contributed by atoms with van der Waals surface area (Å²) < 4.78 is 0. The zero-order valence-electron chi connectivity index (χ0n) is 13.2. The third-order valence-corrected chi connectivity index (χ3v) is 3.90. The van der Waals surface area contributed by atoms with Gasteiger partial charge in [0.05, 0.1) is 0 Å². The van der Waals surface area contributed by atoms with Crippen LogP contribution in [0.3, 0.4) is 0 Å². The SMILES string of the molecule is CCN(CC)CCc1ccc(NCc2ccccc2)cc1. The van der Waals surface area contributed by atoms with Crippen LogP contribution in [0.2, 0.25) is 0 Å². The molecule has 2 aromatic carbocycles. The Morgan fingerprint density at radius 2 is 1.48 bits per heavy atom. The fourth-order valence-corrected chi connectivity index (χ4v) is 2.42. The van der Waals surface area contributed by atoms with Crippen molar-refractivity contribution in [3.8, 4) is 0 Å². The van der Waals surface area contributed by atoms with Gasteiger partial charge in [0.1, 0.15) is 0 Å². The molecule has 0 aromatic heterocycles. The molecule has 0 aliphatic carbocycles. The van der Waals surface area contributed by atoms with E-state index in [2.05, 4.69) is 72.6 Å². The second-order valence-corrected chi connectivity index (χ2v) is 5.31. The molecule has 0 saturated heterocycles. The lowest BCUT2D eigenvalue weighted by Crippen LogP contribution is -2.25. The van der Waals surface area contributed by atoms with Gasteiger partial charge in [0.15, 0.2) is 0 Å². The van der Waals surface area contributed by atoms with Gasteiger partial charge in [-0.15, -0.1) is 0 Å². The standard InChI is InChI=1S/C19H26N2/c1-3-21(4-2)15-14-17-10-12-19(13-11-17)20-16-18-8-6-5-7-9-18/h5-13,20H,3-4,14-16H2,1-2H3. The van der Waals surface area contributed by atoms with Gasteiger partial charge < -0.3 is 10.2 Å². The summed E-state index contributed by atoms with van der Waals surface area (Å²) in [7, 11) is 0. The first kappa shape index (κ1) is 15.6. The fraction of sp³-hybridized carbons (Fsp3) is 0.368. The molecule has 2 heteroatoms. The normalized spacial score (nSPS) is 10.8. The number of hydrogen-bond donors (Lipinski definition) is 1. The molecule has 112 valence electrons. The molecule has 0 unspecified atom stereocenters. The summed E-state index contributed by atoms with van der Waals surface area (Å²) in [6.07, 6.45) is 1.13. The molecule has 0 spiro atoms. The molecule has 1 N–H and O–H groups in total. The van der Waals surface area contributed by atoms with Crippen molar-refractivity contribution >= 4 is 5.69 Å². The minimum atomic E-state index is 0.875. The van der Waals surface area contributed by atoms with Gasteiger partial charge in [-0.1, -0.05) is 56.3 Å². The van der Waals surface area contributed by atoms with Gasteiger partial charge in [0.25, 0.3) is 0 Å². The van der Waals surface area contributed by atoms with Crippen molar-refractivity contribution in [2.45, 2.75) is 26.8 Å². The van der Waals surface area contributed by atoms with E-state index in [1.165, 1.54) is 16.8 Å². The lowest BCUT2D eigenvalue weighted by atomic mass is 10.1. The maximum Gasteiger partial charge on any atom is 0.0400 e. The van der Waals surface area contributed by atoms with Crippen molar-refractivity contribution in [3.63, 3.8) is 0 Å². The monoisotopic (exact) mass is 282 g/mol. The quantitative estimate of drug-likeness (QED) is 0.781. The molecule has 2 aromatic rings. The van der Waals surface area contributed by atoms with Crippen LogP contribution in [0, 0.1) is 0 Å². The van der Waals surface area contributed by atoms with Crippen LogP contribution in [-0.2, 0) is 13.0 Å². The number of anilines is 1. The van der Waals surface area contributed by atoms with Crippen LogP contribution in [-0.4, -0.2) is 24.5 Å². The first-order valence-corrected chi connectivity index (χ1v) is 7.91. The Balaban J connectivity index is 1.81. The van der Waals surface area contributed by atoms with Crippen molar-refractivity contribution in [1.29, 1.82) is 0 Å². The van der Waals surface area contributed by atoms with Gasteiger partial charge in [-0.25, -0.2) is 0 Å². The molecule has 0 saturated carbocycles. The lowest BCUT2D eigenvalue weighted by Gasteiger charge is -2.17. The number of likely N-dealkylation sites (N-methyl/N-ethyl adjacent to an activating group) is 1. The van der Waals surface area contributed by atoms with Gasteiger partial charge in [0.2, 0.25) is 0 Å². The second-order valence-electron chi connectivity index (χ2n) is 5.31. The van der Waals surface area contributed by atoms with Crippen LogP contribution in [0.4, 0.5) is 5.69 Å². The molecule has 0 heterocycles. The fourth-order valence-electron chi connectivity index (χ4n) is 2.42. The van der Waals surface area contributed by atoms with Gasteiger partial charge in [-0.3, -0.25) is 0 Å². The van der Waals surface area contributed by atoms with E-state index in [0.29, 0.717) is 0 Å². The predicted octanol–water partition coefficient (Wildman–Crippen LogP) is 4.18. The molecule has 2 rings (SSSR count). The maximum atomic E-state index is 3.46. The minimum Gasteiger partial charge on any atom is -0.381 e. The number of benzene rings is 2. The van der Waals surface area contributed by atoms with E-state index in [-0.39, 0.29) is 0 Å². The second kappa shape index (κ2) is 8.48. The molecule has 0 bridgehead atoms. The van der Waals surface area contributed by atoms with Gasteiger partial charge in [0, 0.05) is 18.8 Å². The average Bonchev–Trinajstić information content (AvgIpc) is 2.56. The topological polar surface area (TPSA) is 15.3 Å². The van der Waals surface area contributed by atoms with E-state index in [9.17, 15) is 0 Å². The Morgan fingerprint density at radius 3 is 2.10 bits per heavy atom. The predicted molar refractivity (Wildman–Crippen MR) is 91.7 cm³/mol. The highest BCUT2D eigenvalue weighted by Crippen LogP contribution is 2.12. The van der Waals surface area contributed by atoms with Gasteiger partial charge in [-0.05, 0) is 42.8 Å².